The molecule has 0 fully saturated rings. The van der Waals surface area contributed by atoms with Crippen LogP contribution in [0.25, 0.3) is 0 Å². The largest absolute Gasteiger partial charge is 0.359 e. The third-order valence-electron chi connectivity index (χ3n) is 2.14. The summed E-state index contributed by atoms with van der Waals surface area (Å²) in [6.45, 7) is 4.66. The van der Waals surface area contributed by atoms with E-state index in [0.717, 1.165) is 18.2 Å². The zero-order valence-electron chi connectivity index (χ0n) is 9.07. The molecule has 1 N–H and O–H groups in total. The Kier molecular flexibility index (Phi) is 3.69. The average Bonchev–Trinajstić information content (AvgIpc) is 2.45. The Morgan fingerprint density at radius 2 is 2.36 bits per heavy atom. The van der Waals surface area contributed by atoms with E-state index in [-0.39, 0.29) is 5.25 Å². The number of hydrogen-bond donors (Lipinski definition) is 1. The predicted molar refractivity (Wildman–Crippen MR) is 60.0 cm³/mol. The third kappa shape index (κ3) is 2.57. The van der Waals surface area contributed by atoms with Crippen LogP contribution in [0.5, 0.6) is 0 Å². The van der Waals surface area contributed by atoms with Crippen LogP contribution >= 0.6 is 0 Å². The van der Waals surface area contributed by atoms with E-state index < -0.39 is 10.8 Å². The number of rotatable bonds is 4. The highest BCUT2D eigenvalue weighted by molar-refractivity contribution is 7.84. The molecule has 80 valence electrons. The summed E-state index contributed by atoms with van der Waals surface area (Å²) in [5.74, 6) is 0.833. The van der Waals surface area contributed by atoms with E-state index in [1.54, 1.807) is 6.26 Å². The monoisotopic (exact) mass is 215 g/mol. The van der Waals surface area contributed by atoms with Crippen LogP contribution in [0.15, 0.2) is 6.20 Å². The van der Waals surface area contributed by atoms with Crippen molar-refractivity contribution in [3.8, 4) is 0 Å². The lowest BCUT2D eigenvalue weighted by Gasteiger charge is -2.11. The summed E-state index contributed by atoms with van der Waals surface area (Å²) in [5.41, 5.74) is 0.975. The van der Waals surface area contributed by atoms with Crippen LogP contribution in [0.4, 0.5) is 5.95 Å². The molecule has 2 atom stereocenters. The van der Waals surface area contributed by atoms with Gasteiger partial charge in [-0.3, -0.25) is 4.21 Å². The first kappa shape index (κ1) is 11.2. The van der Waals surface area contributed by atoms with Crippen molar-refractivity contribution >= 4 is 16.7 Å². The molecular formula is C9H17N3OS. The number of nitrogens with one attached hydrogen (secondary N) is 1. The van der Waals surface area contributed by atoms with Crippen molar-refractivity contribution in [1.82, 2.24) is 9.55 Å². The van der Waals surface area contributed by atoms with E-state index in [0.29, 0.717) is 0 Å². The highest BCUT2D eigenvalue weighted by atomic mass is 32.2. The highest BCUT2D eigenvalue weighted by Crippen LogP contribution is 2.09. The van der Waals surface area contributed by atoms with Crippen molar-refractivity contribution in [3.63, 3.8) is 0 Å². The zero-order valence-corrected chi connectivity index (χ0v) is 9.89. The van der Waals surface area contributed by atoms with E-state index in [1.807, 2.05) is 31.7 Å². The maximum absolute atomic E-state index is 11.2. The van der Waals surface area contributed by atoms with Gasteiger partial charge in [0, 0.05) is 42.1 Å². The molecule has 0 aliphatic heterocycles. The second-order valence-electron chi connectivity index (χ2n) is 3.42. The normalized spacial score (nSPS) is 15.1. The zero-order chi connectivity index (χ0) is 10.7. The van der Waals surface area contributed by atoms with E-state index >= 15 is 0 Å². The molecule has 5 heteroatoms. The van der Waals surface area contributed by atoms with Crippen molar-refractivity contribution in [3.05, 3.63) is 11.9 Å². The van der Waals surface area contributed by atoms with Crippen molar-refractivity contribution < 1.29 is 4.21 Å². The van der Waals surface area contributed by atoms with Crippen LogP contribution in [-0.2, 0) is 17.3 Å². The minimum absolute atomic E-state index is 0.149. The summed E-state index contributed by atoms with van der Waals surface area (Å²) in [4.78, 5) is 4.29. The summed E-state index contributed by atoms with van der Waals surface area (Å²) in [7, 11) is 1.05. The molecule has 0 amide bonds. The van der Waals surface area contributed by atoms with Crippen molar-refractivity contribution in [1.29, 1.82) is 0 Å². The van der Waals surface area contributed by atoms with Gasteiger partial charge in [0.15, 0.2) is 0 Å². The average molecular weight is 215 g/mol. The van der Waals surface area contributed by atoms with Gasteiger partial charge in [-0.2, -0.15) is 0 Å². The molecule has 4 nitrogen and oxygen atoms in total. The Balaban J connectivity index is 2.79. The number of nitrogens with zero attached hydrogens (tertiary/aromatic N) is 2. The second kappa shape index (κ2) is 4.59. The van der Waals surface area contributed by atoms with Crippen LogP contribution in [0.1, 0.15) is 12.6 Å². The lowest BCUT2D eigenvalue weighted by atomic mass is 10.4. The fourth-order valence-corrected chi connectivity index (χ4v) is 1.64. The highest BCUT2D eigenvalue weighted by Gasteiger charge is 2.10. The summed E-state index contributed by atoms with van der Waals surface area (Å²) in [6.07, 6.45) is 3.70. The minimum Gasteiger partial charge on any atom is -0.359 e. The van der Waals surface area contributed by atoms with Gasteiger partial charge in [0.2, 0.25) is 5.95 Å². The molecular weight excluding hydrogens is 198 g/mol. The van der Waals surface area contributed by atoms with E-state index in [2.05, 4.69) is 10.3 Å². The number of hydrogen-bond acceptors (Lipinski definition) is 3. The molecule has 0 saturated carbocycles. The molecule has 0 aliphatic rings. The van der Waals surface area contributed by atoms with Crippen molar-refractivity contribution in [2.75, 3.05) is 18.6 Å². The first-order valence-electron chi connectivity index (χ1n) is 4.58. The number of aromatic nitrogens is 2. The third-order valence-corrected chi connectivity index (χ3v) is 3.42. The standard InChI is InChI=1S/C9H17N3OS/c1-7-5-12(9(10-3)11-7)6-8(2)14(4)13/h5,8H,6H2,1-4H3,(H,10,11). The lowest BCUT2D eigenvalue weighted by molar-refractivity contribution is 0.646. The molecule has 0 saturated heterocycles. The van der Waals surface area contributed by atoms with Crippen molar-refractivity contribution in [2.45, 2.75) is 25.6 Å². The molecule has 1 rings (SSSR count). The maximum atomic E-state index is 11.2. The SMILES string of the molecule is CNc1nc(C)cn1CC(C)S(C)=O. The molecule has 0 spiro atoms. The Bertz CT molecular complexity index is 335. The Labute approximate surface area is 87.2 Å². The van der Waals surface area contributed by atoms with Crippen LogP contribution in [0.3, 0.4) is 0 Å². The van der Waals surface area contributed by atoms with Gasteiger partial charge in [-0.15, -0.1) is 0 Å². The summed E-state index contributed by atoms with van der Waals surface area (Å²) >= 11 is 0. The molecule has 1 aromatic heterocycles. The molecule has 1 heterocycles. The minimum atomic E-state index is -0.788. The quantitative estimate of drug-likeness (QED) is 0.815. The molecule has 14 heavy (non-hydrogen) atoms. The molecule has 2 unspecified atom stereocenters. The Morgan fingerprint density at radius 3 is 2.86 bits per heavy atom. The van der Waals surface area contributed by atoms with Crippen molar-refractivity contribution in [2.24, 2.45) is 0 Å². The van der Waals surface area contributed by atoms with Crippen LogP contribution < -0.4 is 5.32 Å². The van der Waals surface area contributed by atoms with Crippen LogP contribution in [0.2, 0.25) is 0 Å². The number of imidazole rings is 1. The smallest absolute Gasteiger partial charge is 0.202 e. The summed E-state index contributed by atoms with van der Waals surface area (Å²) in [6, 6.07) is 0. The topological polar surface area (TPSA) is 46.9 Å². The lowest BCUT2D eigenvalue weighted by Crippen LogP contribution is -2.18. The summed E-state index contributed by atoms with van der Waals surface area (Å²) < 4.78 is 13.2. The van der Waals surface area contributed by atoms with Gasteiger partial charge in [-0.1, -0.05) is 0 Å². The first-order chi connectivity index (χ1) is 6.54. The van der Waals surface area contributed by atoms with Gasteiger partial charge in [-0.25, -0.2) is 4.98 Å². The van der Waals surface area contributed by atoms with E-state index in [1.165, 1.54) is 0 Å². The number of aryl methyl sites for hydroxylation is 1. The van der Waals surface area contributed by atoms with Gasteiger partial charge in [0.25, 0.3) is 0 Å². The predicted octanol–water partition coefficient (Wildman–Crippen LogP) is 1.00. The molecule has 1 aromatic rings. The van der Waals surface area contributed by atoms with Gasteiger partial charge in [0.05, 0.1) is 5.69 Å². The molecule has 0 radical (unpaired) electrons. The van der Waals surface area contributed by atoms with Gasteiger partial charge >= 0.3 is 0 Å². The Morgan fingerprint density at radius 1 is 1.71 bits per heavy atom. The fraction of sp³-hybridized carbons (Fsp3) is 0.667. The first-order valence-corrected chi connectivity index (χ1v) is 6.20. The van der Waals surface area contributed by atoms with Gasteiger partial charge in [0.1, 0.15) is 0 Å². The van der Waals surface area contributed by atoms with E-state index in [4.69, 9.17) is 0 Å². The molecule has 0 bridgehead atoms. The molecule has 0 aliphatic carbocycles. The van der Waals surface area contributed by atoms with Crippen LogP contribution in [0, 0.1) is 6.92 Å². The van der Waals surface area contributed by atoms with Crippen LogP contribution in [-0.4, -0.2) is 32.3 Å². The molecule has 0 aromatic carbocycles. The van der Waals surface area contributed by atoms with Gasteiger partial charge in [-0.05, 0) is 13.8 Å². The van der Waals surface area contributed by atoms with E-state index in [9.17, 15) is 4.21 Å². The second-order valence-corrected chi connectivity index (χ2v) is 5.22. The number of anilines is 1. The Hall–Kier alpha value is -0.840. The maximum Gasteiger partial charge on any atom is 0.202 e. The fourth-order valence-electron chi connectivity index (χ4n) is 1.27. The van der Waals surface area contributed by atoms with Gasteiger partial charge < -0.3 is 9.88 Å². The summed E-state index contributed by atoms with van der Waals surface area (Å²) in [5, 5.41) is 3.16.